The van der Waals surface area contributed by atoms with E-state index in [4.69, 9.17) is 11.5 Å². The predicted octanol–water partition coefficient (Wildman–Crippen LogP) is 2.26. The average molecular weight is 334 g/mol. The van der Waals surface area contributed by atoms with E-state index in [-0.39, 0.29) is 30.0 Å². The minimum atomic E-state index is -4.43. The lowest BCUT2D eigenvalue weighted by molar-refractivity contribution is -0.137. The smallest absolute Gasteiger partial charge is 0.369 e. The van der Waals surface area contributed by atoms with Crippen LogP contribution in [0.25, 0.3) is 0 Å². The zero-order chi connectivity index (χ0) is 15.5. The fourth-order valence-corrected chi connectivity index (χ4v) is 1.76. The SMILES string of the molecule is Cl.NC(=Nc1cccc(C(F)(F)F)c1)N=C(N)N1CC=CC1. The maximum atomic E-state index is 12.6. The van der Waals surface area contributed by atoms with Crippen molar-refractivity contribution in [3.8, 4) is 0 Å². The lowest BCUT2D eigenvalue weighted by Crippen LogP contribution is -2.36. The monoisotopic (exact) mass is 333 g/mol. The highest BCUT2D eigenvalue weighted by Gasteiger charge is 2.30. The van der Waals surface area contributed by atoms with Crippen molar-refractivity contribution in [2.45, 2.75) is 6.18 Å². The Morgan fingerprint density at radius 2 is 1.77 bits per heavy atom. The minimum absolute atomic E-state index is 0. The summed E-state index contributed by atoms with van der Waals surface area (Å²) in [6.45, 7) is 1.23. The van der Waals surface area contributed by atoms with Gasteiger partial charge in [0.05, 0.1) is 11.3 Å². The molecular weight excluding hydrogens is 319 g/mol. The molecule has 0 aliphatic carbocycles. The third-order valence-corrected chi connectivity index (χ3v) is 2.79. The van der Waals surface area contributed by atoms with Gasteiger partial charge >= 0.3 is 6.18 Å². The van der Waals surface area contributed by atoms with Crippen molar-refractivity contribution in [2.75, 3.05) is 13.1 Å². The topological polar surface area (TPSA) is 80.0 Å². The van der Waals surface area contributed by atoms with E-state index in [1.165, 1.54) is 12.1 Å². The van der Waals surface area contributed by atoms with Crippen LogP contribution in [0.4, 0.5) is 18.9 Å². The molecule has 2 rings (SSSR count). The van der Waals surface area contributed by atoms with Crippen molar-refractivity contribution < 1.29 is 13.2 Å². The van der Waals surface area contributed by atoms with Gasteiger partial charge in [-0.05, 0) is 18.2 Å². The summed E-state index contributed by atoms with van der Waals surface area (Å²) >= 11 is 0. The highest BCUT2D eigenvalue weighted by atomic mass is 35.5. The van der Waals surface area contributed by atoms with E-state index in [1.54, 1.807) is 4.90 Å². The second-order valence-electron chi connectivity index (χ2n) is 4.36. The first-order chi connectivity index (χ1) is 9.86. The lowest BCUT2D eigenvalue weighted by Gasteiger charge is -2.15. The van der Waals surface area contributed by atoms with Crippen molar-refractivity contribution in [1.29, 1.82) is 0 Å². The number of halogens is 4. The second kappa shape index (κ2) is 7.17. The summed E-state index contributed by atoms with van der Waals surface area (Å²) < 4.78 is 37.7. The number of aliphatic imine (C=N–C) groups is 2. The van der Waals surface area contributed by atoms with Crippen LogP contribution in [-0.2, 0) is 6.18 Å². The first-order valence-electron chi connectivity index (χ1n) is 6.12. The van der Waals surface area contributed by atoms with Gasteiger partial charge in [-0.1, -0.05) is 18.2 Å². The number of guanidine groups is 2. The number of rotatable bonds is 1. The van der Waals surface area contributed by atoms with Gasteiger partial charge < -0.3 is 16.4 Å². The summed E-state index contributed by atoms with van der Waals surface area (Å²) in [4.78, 5) is 9.44. The Hall–Kier alpha value is -2.22. The van der Waals surface area contributed by atoms with Crippen LogP contribution in [0.1, 0.15) is 5.56 Å². The summed E-state index contributed by atoms with van der Waals surface area (Å²) in [6, 6.07) is 4.52. The quantitative estimate of drug-likeness (QED) is 0.470. The Bertz CT molecular complexity index is 602. The molecule has 0 saturated carbocycles. The van der Waals surface area contributed by atoms with Crippen LogP contribution in [0.5, 0.6) is 0 Å². The zero-order valence-electron chi connectivity index (χ0n) is 11.4. The number of benzene rings is 1. The van der Waals surface area contributed by atoms with Crippen LogP contribution in [0.15, 0.2) is 46.4 Å². The largest absolute Gasteiger partial charge is 0.416 e. The van der Waals surface area contributed by atoms with Gasteiger partial charge in [0.25, 0.3) is 0 Å². The van der Waals surface area contributed by atoms with Crippen LogP contribution < -0.4 is 11.5 Å². The van der Waals surface area contributed by atoms with Crippen molar-refractivity contribution in [3.05, 3.63) is 42.0 Å². The highest BCUT2D eigenvalue weighted by molar-refractivity contribution is 5.94. The molecule has 0 amide bonds. The maximum Gasteiger partial charge on any atom is 0.416 e. The number of hydrogen-bond acceptors (Lipinski definition) is 1. The fourth-order valence-electron chi connectivity index (χ4n) is 1.76. The number of nitrogens with zero attached hydrogens (tertiary/aromatic N) is 3. The molecule has 1 aromatic rings. The Labute approximate surface area is 131 Å². The Balaban J connectivity index is 0.00000242. The fraction of sp³-hybridized carbons (Fsp3) is 0.231. The molecule has 1 heterocycles. The Morgan fingerprint density at radius 1 is 1.14 bits per heavy atom. The molecule has 0 aromatic heterocycles. The molecule has 0 atom stereocenters. The third-order valence-electron chi connectivity index (χ3n) is 2.79. The van der Waals surface area contributed by atoms with Crippen LogP contribution in [-0.4, -0.2) is 29.9 Å². The molecule has 0 bridgehead atoms. The van der Waals surface area contributed by atoms with E-state index in [1.807, 2.05) is 12.2 Å². The van der Waals surface area contributed by atoms with Crippen molar-refractivity contribution >= 4 is 30.0 Å². The molecule has 0 spiro atoms. The Morgan fingerprint density at radius 3 is 2.36 bits per heavy atom. The number of alkyl halides is 3. The second-order valence-corrected chi connectivity index (χ2v) is 4.36. The molecule has 120 valence electrons. The van der Waals surface area contributed by atoms with E-state index in [0.29, 0.717) is 13.1 Å². The molecule has 22 heavy (non-hydrogen) atoms. The highest BCUT2D eigenvalue weighted by Crippen LogP contribution is 2.31. The van der Waals surface area contributed by atoms with Crippen molar-refractivity contribution in [3.63, 3.8) is 0 Å². The summed E-state index contributed by atoms with van der Waals surface area (Å²) in [7, 11) is 0. The van der Waals surface area contributed by atoms with Gasteiger partial charge in [0.2, 0.25) is 5.96 Å². The predicted molar refractivity (Wildman–Crippen MR) is 82.3 cm³/mol. The van der Waals surface area contributed by atoms with E-state index in [0.717, 1.165) is 12.1 Å². The normalized spacial score (nSPS) is 15.9. The molecule has 0 saturated heterocycles. The van der Waals surface area contributed by atoms with Crippen LogP contribution >= 0.6 is 12.4 Å². The molecule has 1 aromatic carbocycles. The zero-order valence-corrected chi connectivity index (χ0v) is 12.2. The van der Waals surface area contributed by atoms with Gasteiger partial charge in [0.15, 0.2) is 5.96 Å². The molecule has 0 fully saturated rings. The van der Waals surface area contributed by atoms with Crippen molar-refractivity contribution in [2.24, 2.45) is 21.5 Å². The summed E-state index contributed by atoms with van der Waals surface area (Å²) in [6.07, 6.45) is -0.588. The third kappa shape index (κ3) is 4.66. The van der Waals surface area contributed by atoms with E-state index in [2.05, 4.69) is 9.98 Å². The molecule has 4 N–H and O–H groups in total. The summed E-state index contributed by atoms with van der Waals surface area (Å²) in [5.74, 6) is -0.0213. The van der Waals surface area contributed by atoms with Crippen molar-refractivity contribution in [1.82, 2.24) is 4.90 Å². The molecule has 0 unspecified atom stereocenters. The first-order valence-corrected chi connectivity index (χ1v) is 6.12. The van der Waals surface area contributed by atoms with Gasteiger partial charge in [-0.3, -0.25) is 0 Å². The average Bonchev–Trinajstić information content (AvgIpc) is 2.91. The number of hydrogen-bond donors (Lipinski definition) is 2. The summed E-state index contributed by atoms with van der Waals surface area (Å²) in [5.41, 5.74) is 10.6. The van der Waals surface area contributed by atoms with E-state index in [9.17, 15) is 13.2 Å². The van der Waals surface area contributed by atoms with Gasteiger partial charge in [-0.2, -0.15) is 18.2 Å². The van der Waals surface area contributed by atoms with Crippen LogP contribution in [0.2, 0.25) is 0 Å². The van der Waals surface area contributed by atoms with E-state index < -0.39 is 11.7 Å². The van der Waals surface area contributed by atoms with Gasteiger partial charge in [0, 0.05) is 13.1 Å². The van der Waals surface area contributed by atoms with Crippen LogP contribution in [0.3, 0.4) is 0 Å². The lowest BCUT2D eigenvalue weighted by atomic mass is 10.2. The van der Waals surface area contributed by atoms with Crippen LogP contribution in [0, 0.1) is 0 Å². The van der Waals surface area contributed by atoms with Gasteiger partial charge in [-0.25, -0.2) is 4.99 Å². The number of nitrogens with two attached hydrogens (primary N) is 2. The molecule has 9 heteroatoms. The Kier molecular flexibility index (Phi) is 5.81. The van der Waals surface area contributed by atoms with E-state index >= 15 is 0 Å². The molecule has 1 aliphatic rings. The standard InChI is InChI=1S/C13H14F3N5.ClH/c14-13(15,16)9-4-3-5-10(8-9)19-11(17)20-12(18)21-6-1-2-7-21;/h1-5,8H,6-7H2,(H4,17,18,19,20);1H. The van der Waals surface area contributed by atoms with Gasteiger partial charge in [0.1, 0.15) is 0 Å². The molecule has 5 nitrogen and oxygen atoms in total. The van der Waals surface area contributed by atoms with Gasteiger partial charge in [-0.15, -0.1) is 12.4 Å². The molecule has 0 radical (unpaired) electrons. The molecule has 1 aliphatic heterocycles. The molecular formula is C13H15ClF3N5. The first kappa shape index (κ1) is 17.8. The summed E-state index contributed by atoms with van der Waals surface area (Å²) in [5, 5.41) is 0. The minimum Gasteiger partial charge on any atom is -0.369 e. The maximum absolute atomic E-state index is 12.6.